The molecule has 0 spiro atoms. The topological polar surface area (TPSA) is 85.2 Å². The number of rotatable bonds is 4. The van der Waals surface area contributed by atoms with E-state index in [4.69, 9.17) is 4.74 Å². The highest BCUT2D eigenvalue weighted by Gasteiger charge is 2.34. The molecule has 0 radical (unpaired) electrons. The molecule has 1 aliphatic heterocycles. The molecule has 0 aliphatic carbocycles. The van der Waals surface area contributed by atoms with Gasteiger partial charge in [0.2, 0.25) is 5.91 Å². The van der Waals surface area contributed by atoms with Crippen LogP contribution in [0.15, 0.2) is 30.6 Å². The number of hydrogen-bond acceptors (Lipinski definition) is 5. The number of esters is 1. The lowest BCUT2D eigenvalue weighted by atomic mass is 9.90. The van der Waals surface area contributed by atoms with Crippen molar-refractivity contribution in [3.8, 4) is 0 Å². The third-order valence-electron chi connectivity index (χ3n) is 4.62. The van der Waals surface area contributed by atoms with Crippen molar-refractivity contribution in [3.63, 3.8) is 0 Å². The van der Waals surface area contributed by atoms with Crippen LogP contribution in [0.3, 0.4) is 0 Å². The maximum absolute atomic E-state index is 12.8. The molecular formula is C18H22N4O3. The van der Waals surface area contributed by atoms with Gasteiger partial charge in [-0.1, -0.05) is 6.07 Å². The Hall–Kier alpha value is -2.67. The van der Waals surface area contributed by atoms with Gasteiger partial charge in [-0.3, -0.25) is 9.48 Å². The number of anilines is 1. The zero-order chi connectivity index (χ0) is 18.0. The number of carbonyl (C=O) groups excluding carboxylic acids is 2. The zero-order valence-corrected chi connectivity index (χ0v) is 14.6. The van der Waals surface area contributed by atoms with Crippen molar-refractivity contribution in [2.24, 2.45) is 13.0 Å². The molecule has 0 saturated carbocycles. The molecule has 7 heteroatoms. The molecule has 3 rings (SSSR count). The first-order valence-corrected chi connectivity index (χ1v) is 8.18. The molecule has 2 N–H and O–H groups in total. The third kappa shape index (κ3) is 3.56. The Kier molecular flexibility index (Phi) is 4.85. The van der Waals surface area contributed by atoms with Gasteiger partial charge in [-0.2, -0.15) is 5.10 Å². The van der Waals surface area contributed by atoms with Gasteiger partial charge in [-0.05, 0) is 30.2 Å². The fourth-order valence-corrected chi connectivity index (χ4v) is 3.16. The summed E-state index contributed by atoms with van der Waals surface area (Å²) < 4.78 is 6.48. The highest BCUT2D eigenvalue weighted by molar-refractivity contribution is 5.97. The van der Waals surface area contributed by atoms with Gasteiger partial charge in [0.15, 0.2) is 0 Å². The molecule has 1 saturated heterocycles. The van der Waals surface area contributed by atoms with Crippen molar-refractivity contribution in [2.75, 3.05) is 25.5 Å². The van der Waals surface area contributed by atoms with E-state index in [2.05, 4.69) is 15.7 Å². The number of aryl methyl sites for hydroxylation is 2. The Balaban J connectivity index is 1.78. The summed E-state index contributed by atoms with van der Waals surface area (Å²) in [6, 6.07) is 5.14. The van der Waals surface area contributed by atoms with Crippen molar-refractivity contribution in [2.45, 2.75) is 12.8 Å². The lowest BCUT2D eigenvalue weighted by molar-refractivity contribution is -0.119. The first-order chi connectivity index (χ1) is 12.0. The molecule has 1 aromatic heterocycles. The van der Waals surface area contributed by atoms with E-state index >= 15 is 0 Å². The monoisotopic (exact) mass is 342 g/mol. The summed E-state index contributed by atoms with van der Waals surface area (Å²) in [7, 11) is 3.20. The lowest BCUT2D eigenvalue weighted by Crippen LogP contribution is -2.28. The number of benzene rings is 1. The van der Waals surface area contributed by atoms with Gasteiger partial charge in [0.25, 0.3) is 0 Å². The number of ether oxygens (including phenoxy) is 1. The van der Waals surface area contributed by atoms with Gasteiger partial charge in [0.05, 0.1) is 24.8 Å². The maximum Gasteiger partial charge on any atom is 0.337 e. The second-order valence-electron chi connectivity index (χ2n) is 6.33. The molecule has 1 amide bonds. The smallest absolute Gasteiger partial charge is 0.337 e. The number of carbonyl (C=O) groups is 2. The van der Waals surface area contributed by atoms with Crippen LogP contribution in [0.4, 0.5) is 5.69 Å². The average molecular weight is 342 g/mol. The number of amides is 1. The minimum Gasteiger partial charge on any atom is -0.465 e. The highest BCUT2D eigenvalue weighted by atomic mass is 16.5. The summed E-state index contributed by atoms with van der Waals surface area (Å²) in [4.78, 5) is 24.5. The molecule has 2 heterocycles. The summed E-state index contributed by atoms with van der Waals surface area (Å²) in [6.45, 7) is 3.24. The second kappa shape index (κ2) is 7.06. The number of hydrogen-bond donors (Lipinski definition) is 2. The summed E-state index contributed by atoms with van der Waals surface area (Å²) in [6.07, 6.45) is 3.75. The Labute approximate surface area is 146 Å². The Morgan fingerprint density at radius 2 is 2.16 bits per heavy atom. The fraction of sp³-hybridized carbons (Fsp3) is 0.389. The highest BCUT2D eigenvalue weighted by Crippen LogP contribution is 2.29. The minimum atomic E-state index is -0.425. The van der Waals surface area contributed by atoms with E-state index in [1.165, 1.54) is 7.11 Å². The van der Waals surface area contributed by atoms with E-state index in [-0.39, 0.29) is 17.7 Å². The van der Waals surface area contributed by atoms with Gasteiger partial charge in [0, 0.05) is 37.9 Å². The van der Waals surface area contributed by atoms with E-state index in [0.29, 0.717) is 17.8 Å². The van der Waals surface area contributed by atoms with Gasteiger partial charge in [0.1, 0.15) is 0 Å². The molecule has 7 nitrogen and oxygen atoms in total. The first kappa shape index (κ1) is 17.2. The number of methoxy groups -OCH3 is 1. The van der Waals surface area contributed by atoms with E-state index in [1.54, 1.807) is 29.1 Å². The van der Waals surface area contributed by atoms with Crippen LogP contribution in [0.5, 0.6) is 0 Å². The van der Waals surface area contributed by atoms with Gasteiger partial charge >= 0.3 is 5.97 Å². The zero-order valence-electron chi connectivity index (χ0n) is 14.6. The molecule has 0 unspecified atom stereocenters. The molecule has 1 aliphatic rings. The third-order valence-corrected chi connectivity index (χ3v) is 4.62. The van der Waals surface area contributed by atoms with Crippen LogP contribution in [0.2, 0.25) is 0 Å². The van der Waals surface area contributed by atoms with Crippen LogP contribution in [0.1, 0.15) is 27.4 Å². The molecule has 25 heavy (non-hydrogen) atoms. The van der Waals surface area contributed by atoms with E-state index in [0.717, 1.165) is 17.7 Å². The van der Waals surface area contributed by atoms with Gasteiger partial charge in [-0.25, -0.2) is 4.79 Å². The van der Waals surface area contributed by atoms with E-state index in [1.807, 2.05) is 20.2 Å². The Morgan fingerprint density at radius 3 is 2.84 bits per heavy atom. The SMILES string of the molecule is COC(=O)c1ccc(C)c(NC(=O)[C@H]2CNC[C@@H]2c2cnn(C)c2)c1. The van der Waals surface area contributed by atoms with Crippen molar-refractivity contribution in [3.05, 3.63) is 47.3 Å². The van der Waals surface area contributed by atoms with Gasteiger partial charge < -0.3 is 15.4 Å². The summed E-state index contributed by atoms with van der Waals surface area (Å²) in [5, 5.41) is 10.4. The molecule has 1 aromatic carbocycles. The summed E-state index contributed by atoms with van der Waals surface area (Å²) in [5.74, 6) is -0.599. The fourth-order valence-electron chi connectivity index (χ4n) is 3.16. The molecule has 2 atom stereocenters. The van der Waals surface area contributed by atoms with Crippen LogP contribution in [0.25, 0.3) is 0 Å². The van der Waals surface area contributed by atoms with Crippen molar-refractivity contribution >= 4 is 17.6 Å². The van der Waals surface area contributed by atoms with Crippen LogP contribution in [-0.2, 0) is 16.6 Å². The molecule has 132 valence electrons. The van der Waals surface area contributed by atoms with Gasteiger partial charge in [-0.15, -0.1) is 0 Å². The standard InChI is InChI=1S/C18H22N4O3/c1-11-4-5-12(18(24)25-3)6-16(11)21-17(23)15-9-19-8-14(15)13-7-20-22(2)10-13/h4-7,10,14-15,19H,8-9H2,1-3H3,(H,21,23)/t14-,15+/m1/s1. The average Bonchev–Trinajstić information content (AvgIpc) is 3.24. The van der Waals surface area contributed by atoms with E-state index in [9.17, 15) is 9.59 Å². The predicted molar refractivity (Wildman–Crippen MR) is 93.5 cm³/mol. The lowest BCUT2D eigenvalue weighted by Gasteiger charge is -2.18. The summed E-state index contributed by atoms with van der Waals surface area (Å²) >= 11 is 0. The number of nitrogens with one attached hydrogen (secondary N) is 2. The minimum absolute atomic E-state index is 0.0658. The van der Waals surface area contributed by atoms with Crippen LogP contribution in [0, 0.1) is 12.8 Å². The Morgan fingerprint density at radius 1 is 1.36 bits per heavy atom. The largest absolute Gasteiger partial charge is 0.465 e. The maximum atomic E-state index is 12.8. The quantitative estimate of drug-likeness (QED) is 0.822. The van der Waals surface area contributed by atoms with Crippen molar-refractivity contribution < 1.29 is 14.3 Å². The molecule has 1 fully saturated rings. The summed E-state index contributed by atoms with van der Waals surface area (Å²) in [5.41, 5.74) is 2.99. The molecular weight excluding hydrogens is 320 g/mol. The normalized spacial score (nSPS) is 19.6. The molecule has 0 bridgehead atoms. The van der Waals surface area contributed by atoms with Crippen molar-refractivity contribution in [1.82, 2.24) is 15.1 Å². The number of aromatic nitrogens is 2. The Bertz CT molecular complexity index is 799. The predicted octanol–water partition coefficient (Wildman–Crippen LogP) is 1.46. The second-order valence-corrected chi connectivity index (χ2v) is 6.33. The van der Waals surface area contributed by atoms with E-state index < -0.39 is 5.97 Å². The van der Waals surface area contributed by atoms with Crippen LogP contribution in [-0.4, -0.2) is 41.9 Å². The first-order valence-electron chi connectivity index (χ1n) is 8.18. The number of nitrogens with zero attached hydrogens (tertiary/aromatic N) is 2. The van der Waals surface area contributed by atoms with Crippen LogP contribution < -0.4 is 10.6 Å². The van der Waals surface area contributed by atoms with Crippen LogP contribution >= 0.6 is 0 Å². The van der Waals surface area contributed by atoms with Crippen molar-refractivity contribution in [1.29, 1.82) is 0 Å². The molecule has 2 aromatic rings.